The van der Waals surface area contributed by atoms with Crippen molar-refractivity contribution < 1.29 is 4.79 Å². The molecular weight excluding hydrogens is 368 g/mol. The topological polar surface area (TPSA) is 58.4 Å². The van der Waals surface area contributed by atoms with E-state index >= 15 is 0 Å². The van der Waals surface area contributed by atoms with Crippen LogP contribution in [0.5, 0.6) is 0 Å². The van der Waals surface area contributed by atoms with E-state index in [1.54, 1.807) is 6.21 Å². The number of rotatable bonds is 3. The molecular formula is C18H17BrN4O. The van der Waals surface area contributed by atoms with Crippen LogP contribution in [0.25, 0.3) is 10.9 Å². The van der Waals surface area contributed by atoms with Crippen molar-refractivity contribution in [3.63, 3.8) is 0 Å². The van der Waals surface area contributed by atoms with E-state index in [-0.39, 0.29) is 6.03 Å². The Kier molecular flexibility index (Phi) is 4.66. The summed E-state index contributed by atoms with van der Waals surface area (Å²) >= 11 is 3.36. The molecule has 2 N–H and O–H groups in total. The number of anilines is 1. The van der Waals surface area contributed by atoms with E-state index in [9.17, 15) is 4.79 Å². The van der Waals surface area contributed by atoms with Crippen LogP contribution in [0.3, 0.4) is 0 Å². The molecule has 2 aromatic carbocycles. The van der Waals surface area contributed by atoms with Gasteiger partial charge in [-0.3, -0.25) is 0 Å². The SMILES string of the molecule is Cc1c(/C=N\NC(=O)Nc2cccc(Br)c2)c2ccccc2n1C. The van der Waals surface area contributed by atoms with Gasteiger partial charge in [0.15, 0.2) is 0 Å². The second-order valence-corrected chi connectivity index (χ2v) is 6.33. The maximum absolute atomic E-state index is 11.9. The number of para-hydroxylation sites is 1. The molecule has 0 spiro atoms. The van der Waals surface area contributed by atoms with Gasteiger partial charge in [0.1, 0.15) is 0 Å². The Balaban J connectivity index is 1.73. The number of aromatic nitrogens is 1. The highest BCUT2D eigenvalue weighted by Gasteiger charge is 2.09. The maximum Gasteiger partial charge on any atom is 0.339 e. The number of hydrogen-bond acceptors (Lipinski definition) is 2. The molecule has 24 heavy (non-hydrogen) atoms. The minimum Gasteiger partial charge on any atom is -0.347 e. The molecule has 0 aliphatic heterocycles. The van der Waals surface area contributed by atoms with Gasteiger partial charge in [0.2, 0.25) is 0 Å². The highest BCUT2D eigenvalue weighted by Crippen LogP contribution is 2.23. The first-order valence-electron chi connectivity index (χ1n) is 7.46. The van der Waals surface area contributed by atoms with Crippen LogP contribution in [0.15, 0.2) is 58.1 Å². The predicted octanol–water partition coefficient (Wildman–Crippen LogP) is 4.40. The van der Waals surface area contributed by atoms with E-state index in [1.165, 1.54) is 0 Å². The molecule has 0 saturated carbocycles. The van der Waals surface area contributed by atoms with Crippen LogP contribution in [0.4, 0.5) is 10.5 Å². The smallest absolute Gasteiger partial charge is 0.339 e. The van der Waals surface area contributed by atoms with Gasteiger partial charge in [0.05, 0.1) is 6.21 Å². The van der Waals surface area contributed by atoms with E-state index in [4.69, 9.17) is 0 Å². The fraction of sp³-hybridized carbons (Fsp3) is 0.111. The summed E-state index contributed by atoms with van der Waals surface area (Å²) in [4.78, 5) is 11.9. The molecule has 0 radical (unpaired) electrons. The molecule has 0 aliphatic rings. The van der Waals surface area contributed by atoms with E-state index in [0.717, 1.165) is 26.6 Å². The number of carbonyl (C=O) groups excluding carboxylic acids is 1. The van der Waals surface area contributed by atoms with Gasteiger partial charge < -0.3 is 9.88 Å². The summed E-state index contributed by atoms with van der Waals surface area (Å²) in [6, 6.07) is 15.1. The number of nitrogens with one attached hydrogen (secondary N) is 2. The fourth-order valence-electron chi connectivity index (χ4n) is 2.59. The van der Waals surface area contributed by atoms with Crippen molar-refractivity contribution in [3.8, 4) is 0 Å². The Morgan fingerprint density at radius 3 is 2.79 bits per heavy atom. The standard InChI is InChI=1S/C18H17BrN4O/c1-12-16(15-8-3-4-9-17(15)23(12)2)11-20-22-18(24)21-14-7-5-6-13(19)10-14/h3-11H,1-2H3,(H2,21,22,24)/b20-11-. The number of hydrogen-bond donors (Lipinski definition) is 2. The van der Waals surface area contributed by atoms with Crippen molar-refractivity contribution in [1.29, 1.82) is 0 Å². The van der Waals surface area contributed by atoms with Crippen molar-refractivity contribution in [2.24, 2.45) is 12.1 Å². The number of aryl methyl sites for hydroxylation is 1. The highest BCUT2D eigenvalue weighted by molar-refractivity contribution is 9.10. The van der Waals surface area contributed by atoms with Gasteiger partial charge >= 0.3 is 6.03 Å². The summed E-state index contributed by atoms with van der Waals surface area (Å²) in [5.74, 6) is 0. The Morgan fingerprint density at radius 2 is 2.00 bits per heavy atom. The molecule has 0 saturated heterocycles. The summed E-state index contributed by atoms with van der Waals surface area (Å²) in [6.07, 6.45) is 1.68. The Labute approximate surface area is 148 Å². The third-order valence-electron chi connectivity index (χ3n) is 3.89. The van der Waals surface area contributed by atoms with Gasteiger partial charge in [-0.15, -0.1) is 0 Å². The molecule has 3 rings (SSSR count). The average Bonchev–Trinajstić information content (AvgIpc) is 2.80. The van der Waals surface area contributed by atoms with Crippen molar-refractivity contribution in [2.45, 2.75) is 6.92 Å². The van der Waals surface area contributed by atoms with Gasteiger partial charge in [-0.05, 0) is 31.2 Å². The van der Waals surface area contributed by atoms with E-state index in [1.807, 2.05) is 56.4 Å². The molecule has 1 heterocycles. The van der Waals surface area contributed by atoms with Crippen molar-refractivity contribution >= 4 is 44.8 Å². The van der Waals surface area contributed by atoms with Crippen LogP contribution in [-0.4, -0.2) is 16.8 Å². The first kappa shape index (κ1) is 16.3. The molecule has 0 atom stereocenters. The lowest BCUT2D eigenvalue weighted by atomic mass is 10.1. The average molecular weight is 385 g/mol. The summed E-state index contributed by atoms with van der Waals surface area (Å²) in [7, 11) is 2.02. The molecule has 2 amide bonds. The van der Waals surface area contributed by atoms with Gasteiger partial charge in [0, 0.05) is 39.4 Å². The quantitative estimate of drug-likeness (QED) is 0.510. The lowest BCUT2D eigenvalue weighted by Crippen LogP contribution is -2.24. The predicted molar refractivity (Wildman–Crippen MR) is 102 cm³/mol. The minimum absolute atomic E-state index is 0.387. The monoisotopic (exact) mass is 384 g/mol. The van der Waals surface area contributed by atoms with Gasteiger partial charge in [0.25, 0.3) is 0 Å². The third kappa shape index (κ3) is 3.33. The molecule has 1 aromatic heterocycles. The van der Waals surface area contributed by atoms with Crippen molar-refractivity contribution in [3.05, 3.63) is 64.3 Å². The summed E-state index contributed by atoms with van der Waals surface area (Å²) in [6.45, 7) is 2.03. The Bertz CT molecular complexity index is 930. The molecule has 3 aromatic rings. The number of hydrazone groups is 1. The van der Waals surface area contributed by atoms with Crippen molar-refractivity contribution in [2.75, 3.05) is 5.32 Å². The number of amides is 2. The number of nitrogens with zero attached hydrogens (tertiary/aromatic N) is 2. The first-order chi connectivity index (χ1) is 11.6. The molecule has 5 nitrogen and oxygen atoms in total. The van der Waals surface area contributed by atoms with Crippen LogP contribution in [0.2, 0.25) is 0 Å². The molecule has 122 valence electrons. The summed E-state index contributed by atoms with van der Waals surface area (Å²) < 4.78 is 3.01. The summed E-state index contributed by atoms with van der Waals surface area (Å²) in [5, 5.41) is 7.91. The minimum atomic E-state index is -0.387. The number of halogens is 1. The van der Waals surface area contributed by atoms with Crippen molar-refractivity contribution in [1.82, 2.24) is 9.99 Å². The number of carbonyl (C=O) groups is 1. The van der Waals surface area contributed by atoms with Gasteiger partial charge in [-0.2, -0.15) is 5.10 Å². The lowest BCUT2D eigenvalue weighted by molar-refractivity contribution is 0.252. The van der Waals surface area contributed by atoms with E-state index < -0.39 is 0 Å². The number of fused-ring (bicyclic) bond motifs is 1. The van der Waals surface area contributed by atoms with Gasteiger partial charge in [-0.1, -0.05) is 40.2 Å². The lowest BCUT2D eigenvalue weighted by Gasteiger charge is -2.04. The zero-order valence-corrected chi connectivity index (χ0v) is 15.0. The normalized spacial score (nSPS) is 11.1. The maximum atomic E-state index is 11.9. The van der Waals surface area contributed by atoms with Crippen LogP contribution < -0.4 is 10.7 Å². The molecule has 6 heteroatoms. The second kappa shape index (κ2) is 6.88. The van der Waals surface area contributed by atoms with Crippen LogP contribution in [0.1, 0.15) is 11.3 Å². The van der Waals surface area contributed by atoms with E-state index in [2.05, 4.69) is 42.4 Å². The highest BCUT2D eigenvalue weighted by atomic mass is 79.9. The largest absolute Gasteiger partial charge is 0.347 e. The van der Waals surface area contributed by atoms with Crippen LogP contribution in [0, 0.1) is 6.92 Å². The molecule has 0 unspecified atom stereocenters. The van der Waals surface area contributed by atoms with E-state index in [0.29, 0.717) is 5.69 Å². The fourth-order valence-corrected chi connectivity index (χ4v) is 2.99. The zero-order valence-electron chi connectivity index (χ0n) is 13.4. The van der Waals surface area contributed by atoms with Crippen LogP contribution >= 0.6 is 15.9 Å². The first-order valence-corrected chi connectivity index (χ1v) is 8.25. The Morgan fingerprint density at radius 1 is 1.21 bits per heavy atom. The van der Waals surface area contributed by atoms with Gasteiger partial charge in [-0.25, -0.2) is 10.2 Å². The van der Waals surface area contributed by atoms with Crippen LogP contribution in [-0.2, 0) is 7.05 Å². The third-order valence-corrected chi connectivity index (χ3v) is 4.38. The summed E-state index contributed by atoms with van der Waals surface area (Å²) in [5.41, 5.74) is 6.41. The Hall–Kier alpha value is -2.60. The second-order valence-electron chi connectivity index (χ2n) is 5.41. The zero-order chi connectivity index (χ0) is 17.1. The molecule has 0 aliphatic carbocycles. The number of benzene rings is 2. The number of urea groups is 1. The molecule has 0 bridgehead atoms. The molecule has 0 fully saturated rings.